The van der Waals surface area contributed by atoms with Gasteiger partial charge in [0.15, 0.2) is 0 Å². The molecule has 3 amide bonds. The number of amides is 3. The van der Waals surface area contributed by atoms with Crippen molar-refractivity contribution in [3.63, 3.8) is 0 Å². The number of nitrogens with zero attached hydrogens (tertiary/aromatic N) is 3. The molecule has 0 saturated carbocycles. The molecule has 0 saturated heterocycles. The zero-order valence-corrected chi connectivity index (χ0v) is 10.6. The highest BCUT2D eigenvalue weighted by atomic mass is 32.2. The number of hydrogen-bond donors (Lipinski definition) is 2. The van der Waals surface area contributed by atoms with Crippen molar-refractivity contribution in [3.05, 3.63) is 36.7 Å². The minimum Gasteiger partial charge on any atom is -0.351 e. The number of nitrogens with two attached hydrogens (primary N) is 1. The fraction of sp³-hybridized carbons (Fsp3) is 0.0909. The lowest BCUT2D eigenvalue weighted by Gasteiger charge is -1.99. The van der Waals surface area contributed by atoms with E-state index in [-0.39, 0.29) is 5.75 Å². The number of rotatable bonds is 4. The highest BCUT2D eigenvalue weighted by Crippen LogP contribution is 2.13. The topological polar surface area (TPSA) is 103 Å². The molecule has 2 aromatic rings. The Morgan fingerprint density at radius 1 is 1.32 bits per heavy atom. The average molecular weight is 277 g/mol. The summed E-state index contributed by atoms with van der Waals surface area (Å²) >= 11 is 1.12. The quantitative estimate of drug-likeness (QED) is 0.795. The molecule has 0 aliphatic carbocycles. The number of benzene rings is 1. The van der Waals surface area contributed by atoms with Crippen LogP contribution in [0.5, 0.6) is 0 Å². The molecule has 0 aliphatic heterocycles. The van der Waals surface area contributed by atoms with Gasteiger partial charge in [0.2, 0.25) is 11.1 Å². The molecular formula is C11H11N5O2S. The molecule has 0 spiro atoms. The summed E-state index contributed by atoms with van der Waals surface area (Å²) in [6.45, 7) is 0. The van der Waals surface area contributed by atoms with Crippen molar-refractivity contribution in [2.75, 3.05) is 5.75 Å². The third-order valence-corrected chi connectivity index (χ3v) is 2.94. The smallest absolute Gasteiger partial charge is 0.318 e. The largest absolute Gasteiger partial charge is 0.351 e. The van der Waals surface area contributed by atoms with Gasteiger partial charge in [-0.3, -0.25) is 10.1 Å². The standard InChI is InChI=1S/C11H11N5O2S/c12-10(18)14-9(17)6-19-11-13-7-16(15-11)8-4-2-1-3-5-8/h1-5,7H,6H2,(H3,12,14,17,18). The lowest BCUT2D eigenvalue weighted by molar-refractivity contribution is -0.117. The minimum atomic E-state index is -0.867. The van der Waals surface area contributed by atoms with Gasteiger partial charge in [-0.05, 0) is 12.1 Å². The number of thioether (sulfide) groups is 1. The average Bonchev–Trinajstić information content (AvgIpc) is 2.85. The van der Waals surface area contributed by atoms with Gasteiger partial charge in [-0.15, -0.1) is 5.10 Å². The first-order chi connectivity index (χ1) is 9.15. The van der Waals surface area contributed by atoms with E-state index in [4.69, 9.17) is 5.73 Å². The molecule has 1 heterocycles. The summed E-state index contributed by atoms with van der Waals surface area (Å²) in [5.74, 6) is -0.449. The molecule has 7 nitrogen and oxygen atoms in total. The van der Waals surface area contributed by atoms with Crippen molar-refractivity contribution in [1.82, 2.24) is 20.1 Å². The van der Waals surface area contributed by atoms with Gasteiger partial charge < -0.3 is 5.73 Å². The summed E-state index contributed by atoms with van der Waals surface area (Å²) in [4.78, 5) is 25.7. The first kappa shape index (κ1) is 13.1. The molecule has 0 bridgehead atoms. The number of carbonyl (C=O) groups excluding carboxylic acids is 2. The van der Waals surface area contributed by atoms with E-state index in [2.05, 4.69) is 10.1 Å². The van der Waals surface area contributed by atoms with Crippen LogP contribution >= 0.6 is 11.8 Å². The molecule has 98 valence electrons. The molecule has 0 unspecified atom stereocenters. The van der Waals surface area contributed by atoms with E-state index in [1.807, 2.05) is 35.6 Å². The summed E-state index contributed by atoms with van der Waals surface area (Å²) in [5.41, 5.74) is 5.71. The zero-order valence-electron chi connectivity index (χ0n) is 9.81. The van der Waals surface area contributed by atoms with E-state index in [1.54, 1.807) is 11.0 Å². The number of hydrogen-bond acceptors (Lipinski definition) is 5. The monoisotopic (exact) mass is 277 g/mol. The Morgan fingerprint density at radius 2 is 2.05 bits per heavy atom. The number of para-hydroxylation sites is 1. The van der Waals surface area contributed by atoms with Crippen LogP contribution in [0, 0.1) is 0 Å². The second-order valence-corrected chi connectivity index (χ2v) is 4.45. The molecule has 19 heavy (non-hydrogen) atoms. The molecule has 2 rings (SSSR count). The lowest BCUT2D eigenvalue weighted by Crippen LogP contribution is -2.36. The fourth-order valence-electron chi connectivity index (χ4n) is 1.32. The number of nitrogens with one attached hydrogen (secondary N) is 1. The maximum atomic E-state index is 11.2. The predicted octanol–water partition coefficient (Wildman–Crippen LogP) is 0.554. The number of aromatic nitrogens is 3. The van der Waals surface area contributed by atoms with E-state index < -0.39 is 11.9 Å². The van der Waals surface area contributed by atoms with E-state index in [1.165, 1.54) is 0 Å². The molecule has 0 fully saturated rings. The highest BCUT2D eigenvalue weighted by molar-refractivity contribution is 7.99. The number of primary amides is 1. The number of carbonyl (C=O) groups is 2. The normalized spacial score (nSPS) is 10.1. The van der Waals surface area contributed by atoms with Crippen LogP contribution in [0.4, 0.5) is 4.79 Å². The van der Waals surface area contributed by atoms with Crippen LogP contribution in [0.25, 0.3) is 5.69 Å². The van der Waals surface area contributed by atoms with Crippen LogP contribution in [0.2, 0.25) is 0 Å². The van der Waals surface area contributed by atoms with Gasteiger partial charge >= 0.3 is 6.03 Å². The highest BCUT2D eigenvalue weighted by Gasteiger charge is 2.08. The van der Waals surface area contributed by atoms with E-state index in [0.29, 0.717) is 5.16 Å². The van der Waals surface area contributed by atoms with Crippen molar-refractivity contribution in [3.8, 4) is 5.69 Å². The second kappa shape index (κ2) is 6.01. The van der Waals surface area contributed by atoms with Crippen molar-refractivity contribution < 1.29 is 9.59 Å². The minimum absolute atomic E-state index is 0.0295. The van der Waals surface area contributed by atoms with Gasteiger partial charge in [-0.2, -0.15) is 0 Å². The SMILES string of the molecule is NC(=O)NC(=O)CSc1ncn(-c2ccccc2)n1. The van der Waals surface area contributed by atoms with Gasteiger partial charge in [-0.1, -0.05) is 30.0 Å². The molecule has 0 aliphatic rings. The summed E-state index contributed by atoms with van der Waals surface area (Å²) in [6.07, 6.45) is 1.56. The molecule has 8 heteroatoms. The zero-order chi connectivity index (χ0) is 13.7. The van der Waals surface area contributed by atoms with Crippen LogP contribution in [0.15, 0.2) is 41.8 Å². The van der Waals surface area contributed by atoms with Crippen LogP contribution < -0.4 is 11.1 Å². The van der Waals surface area contributed by atoms with E-state index in [9.17, 15) is 9.59 Å². The van der Waals surface area contributed by atoms with Gasteiger partial charge in [0, 0.05) is 0 Å². The van der Waals surface area contributed by atoms with E-state index in [0.717, 1.165) is 17.4 Å². The van der Waals surface area contributed by atoms with Crippen LogP contribution in [0.1, 0.15) is 0 Å². The fourth-order valence-corrected chi connectivity index (χ4v) is 1.92. The second-order valence-electron chi connectivity index (χ2n) is 3.51. The molecule has 3 N–H and O–H groups in total. The number of urea groups is 1. The van der Waals surface area contributed by atoms with Gasteiger partial charge in [0.1, 0.15) is 6.33 Å². The van der Waals surface area contributed by atoms with Gasteiger partial charge in [-0.25, -0.2) is 14.5 Å². The van der Waals surface area contributed by atoms with Crippen LogP contribution in [-0.2, 0) is 4.79 Å². The first-order valence-electron chi connectivity index (χ1n) is 5.34. The Kier molecular flexibility index (Phi) is 4.14. The maximum absolute atomic E-state index is 11.2. The Labute approximate surface area is 113 Å². The molecule has 1 aromatic heterocycles. The van der Waals surface area contributed by atoms with Crippen molar-refractivity contribution >= 4 is 23.7 Å². The summed E-state index contributed by atoms with van der Waals surface area (Å²) in [6, 6.07) is 8.61. The maximum Gasteiger partial charge on any atom is 0.318 e. The Morgan fingerprint density at radius 3 is 2.74 bits per heavy atom. The van der Waals surface area contributed by atoms with Crippen molar-refractivity contribution in [2.24, 2.45) is 5.73 Å². The summed E-state index contributed by atoms with van der Waals surface area (Å²) in [7, 11) is 0. The van der Waals surface area contributed by atoms with E-state index >= 15 is 0 Å². The molecule has 0 atom stereocenters. The van der Waals surface area contributed by atoms with Crippen molar-refractivity contribution in [2.45, 2.75) is 5.16 Å². The Balaban J connectivity index is 1.95. The molecule has 0 radical (unpaired) electrons. The Hall–Kier alpha value is -2.35. The Bertz CT molecular complexity index is 584. The first-order valence-corrected chi connectivity index (χ1v) is 6.33. The van der Waals surface area contributed by atoms with Crippen LogP contribution in [-0.4, -0.2) is 32.5 Å². The van der Waals surface area contributed by atoms with Gasteiger partial charge in [0.05, 0.1) is 11.4 Å². The molecule has 1 aromatic carbocycles. The summed E-state index contributed by atoms with van der Waals surface area (Å²) < 4.78 is 1.61. The van der Waals surface area contributed by atoms with Gasteiger partial charge in [0.25, 0.3) is 0 Å². The predicted molar refractivity (Wildman–Crippen MR) is 69.8 cm³/mol. The van der Waals surface area contributed by atoms with Crippen LogP contribution in [0.3, 0.4) is 0 Å². The third-order valence-electron chi connectivity index (χ3n) is 2.09. The van der Waals surface area contributed by atoms with Crippen molar-refractivity contribution in [1.29, 1.82) is 0 Å². The molecular weight excluding hydrogens is 266 g/mol. The number of imide groups is 1. The third kappa shape index (κ3) is 3.81. The summed E-state index contributed by atoms with van der Waals surface area (Å²) in [5, 5.41) is 6.62. The lowest BCUT2D eigenvalue weighted by atomic mass is 10.3.